The molecule has 0 saturated heterocycles. The third-order valence-corrected chi connectivity index (χ3v) is 2.28. The Bertz CT molecular complexity index is 532. The fourth-order valence-electron chi connectivity index (χ4n) is 1.42. The highest BCUT2D eigenvalue weighted by atomic mass is 19.4. The Hall–Kier alpha value is -2.27. The molecule has 0 aliphatic heterocycles. The van der Waals surface area contributed by atoms with Gasteiger partial charge in [0.05, 0.1) is 5.56 Å². The van der Waals surface area contributed by atoms with Crippen LogP contribution in [0.3, 0.4) is 0 Å². The zero-order valence-electron chi connectivity index (χ0n) is 9.76. The summed E-state index contributed by atoms with van der Waals surface area (Å²) < 4.78 is 38.0. The van der Waals surface area contributed by atoms with E-state index in [0.717, 1.165) is 12.1 Å². The number of azide groups is 1. The smallest absolute Gasteiger partial charge is 0.298 e. The Morgan fingerprint density at radius 3 is 2.68 bits per heavy atom. The molecule has 0 aliphatic rings. The van der Waals surface area contributed by atoms with Crippen LogP contribution in [-0.2, 0) is 6.18 Å². The normalized spacial score (nSPS) is 11.3. The van der Waals surface area contributed by atoms with Gasteiger partial charge in [-0.15, -0.1) is 0 Å². The van der Waals surface area contributed by atoms with E-state index in [1.807, 2.05) is 0 Å². The van der Waals surface area contributed by atoms with Crippen LogP contribution in [0.15, 0.2) is 29.4 Å². The average Bonchev–Trinajstić information content (AvgIpc) is 2.37. The Morgan fingerprint density at radius 1 is 1.37 bits per heavy atom. The summed E-state index contributed by atoms with van der Waals surface area (Å²) in [5, 5.41) is 3.29. The predicted molar refractivity (Wildman–Crippen MR) is 64.5 cm³/mol. The molecule has 4 nitrogen and oxygen atoms in total. The average molecular weight is 269 g/mol. The standard InChI is InChI=1S/C12H10F3N3O/c13-12(14,15)11-7-9(4-5-10(11)8-19)3-1-2-6-17-18-16/h1,3-5,7-8H,2,6H2. The van der Waals surface area contributed by atoms with Crippen molar-refractivity contribution < 1.29 is 18.0 Å². The molecule has 100 valence electrons. The number of carbonyl (C=O) groups excluding carboxylic acids is 1. The number of nitrogens with zero attached hydrogens (tertiary/aromatic N) is 3. The molecule has 0 spiro atoms. The first kappa shape index (κ1) is 14.8. The van der Waals surface area contributed by atoms with Crippen LogP contribution in [0.4, 0.5) is 13.2 Å². The molecule has 0 radical (unpaired) electrons. The molecule has 0 fully saturated rings. The van der Waals surface area contributed by atoms with Crippen molar-refractivity contribution in [3.8, 4) is 0 Å². The third kappa shape index (κ3) is 4.48. The molecule has 0 unspecified atom stereocenters. The van der Waals surface area contributed by atoms with E-state index >= 15 is 0 Å². The van der Waals surface area contributed by atoms with Crippen molar-refractivity contribution in [2.24, 2.45) is 5.11 Å². The molecule has 0 N–H and O–H groups in total. The number of benzene rings is 1. The third-order valence-electron chi connectivity index (χ3n) is 2.28. The molecule has 0 heterocycles. The fourth-order valence-corrected chi connectivity index (χ4v) is 1.42. The Balaban J connectivity index is 2.92. The topological polar surface area (TPSA) is 65.8 Å². The second-order valence-corrected chi connectivity index (χ2v) is 3.61. The van der Waals surface area contributed by atoms with Crippen molar-refractivity contribution in [1.82, 2.24) is 0 Å². The van der Waals surface area contributed by atoms with Gasteiger partial charge in [-0.05, 0) is 23.6 Å². The van der Waals surface area contributed by atoms with Crippen LogP contribution in [0, 0.1) is 0 Å². The van der Waals surface area contributed by atoms with Gasteiger partial charge in [0.15, 0.2) is 6.29 Å². The summed E-state index contributed by atoms with van der Waals surface area (Å²) in [5.41, 5.74) is 7.03. The molecule has 1 aromatic rings. The van der Waals surface area contributed by atoms with Crippen molar-refractivity contribution in [3.05, 3.63) is 51.4 Å². The van der Waals surface area contributed by atoms with Crippen LogP contribution in [0.2, 0.25) is 0 Å². The molecule has 0 saturated carbocycles. The summed E-state index contributed by atoms with van der Waals surface area (Å²) in [5.74, 6) is 0. The zero-order chi connectivity index (χ0) is 14.3. The molecular formula is C12H10F3N3O. The number of aldehydes is 1. The second kappa shape index (κ2) is 6.61. The van der Waals surface area contributed by atoms with E-state index in [1.54, 1.807) is 6.08 Å². The number of carbonyl (C=O) groups is 1. The lowest BCUT2D eigenvalue weighted by Crippen LogP contribution is -2.09. The fraction of sp³-hybridized carbons (Fsp3) is 0.250. The molecule has 1 aromatic carbocycles. The summed E-state index contributed by atoms with van der Waals surface area (Å²) in [6, 6.07) is 3.46. The van der Waals surface area contributed by atoms with Crippen molar-refractivity contribution in [3.63, 3.8) is 0 Å². The van der Waals surface area contributed by atoms with Crippen molar-refractivity contribution in [1.29, 1.82) is 0 Å². The van der Waals surface area contributed by atoms with E-state index < -0.39 is 17.3 Å². The number of hydrogen-bond acceptors (Lipinski definition) is 2. The van der Waals surface area contributed by atoms with Gasteiger partial charge < -0.3 is 0 Å². The minimum atomic E-state index is -4.56. The Morgan fingerprint density at radius 2 is 2.11 bits per heavy atom. The van der Waals surface area contributed by atoms with Gasteiger partial charge in [-0.2, -0.15) is 13.2 Å². The number of rotatable bonds is 5. The summed E-state index contributed by atoms with van der Waals surface area (Å²) in [6.07, 6.45) is -0.870. The maximum absolute atomic E-state index is 12.7. The molecule has 0 aliphatic carbocycles. The van der Waals surface area contributed by atoms with Crippen molar-refractivity contribution >= 4 is 12.4 Å². The maximum Gasteiger partial charge on any atom is 0.417 e. The highest BCUT2D eigenvalue weighted by Crippen LogP contribution is 2.32. The predicted octanol–water partition coefficient (Wildman–Crippen LogP) is 4.23. The van der Waals surface area contributed by atoms with Gasteiger partial charge in [-0.3, -0.25) is 4.79 Å². The number of alkyl halides is 3. The monoisotopic (exact) mass is 269 g/mol. The van der Waals surface area contributed by atoms with Crippen molar-refractivity contribution in [2.45, 2.75) is 12.6 Å². The Kier molecular flexibility index (Phi) is 5.14. The molecule has 0 bridgehead atoms. The maximum atomic E-state index is 12.7. The Labute approximate surface area is 107 Å². The van der Waals surface area contributed by atoms with Crippen LogP contribution in [0.1, 0.15) is 27.9 Å². The lowest BCUT2D eigenvalue weighted by atomic mass is 10.0. The van der Waals surface area contributed by atoms with Gasteiger partial charge in [0.1, 0.15) is 0 Å². The molecule has 0 amide bonds. The minimum absolute atomic E-state index is 0.179. The first-order chi connectivity index (χ1) is 8.99. The van der Waals surface area contributed by atoms with Gasteiger partial charge in [-0.25, -0.2) is 0 Å². The van der Waals surface area contributed by atoms with Gasteiger partial charge >= 0.3 is 6.18 Å². The molecular weight excluding hydrogens is 259 g/mol. The van der Waals surface area contributed by atoms with E-state index in [4.69, 9.17) is 5.53 Å². The molecule has 7 heteroatoms. The van der Waals surface area contributed by atoms with E-state index in [9.17, 15) is 18.0 Å². The van der Waals surface area contributed by atoms with Crippen LogP contribution in [0.25, 0.3) is 16.5 Å². The van der Waals surface area contributed by atoms with E-state index in [-0.39, 0.29) is 12.8 Å². The summed E-state index contributed by atoms with van der Waals surface area (Å²) in [4.78, 5) is 13.1. The highest BCUT2D eigenvalue weighted by Gasteiger charge is 2.33. The van der Waals surface area contributed by atoms with Crippen LogP contribution in [-0.4, -0.2) is 12.8 Å². The lowest BCUT2D eigenvalue weighted by Gasteiger charge is -2.09. The first-order valence-electron chi connectivity index (χ1n) is 5.33. The van der Waals surface area contributed by atoms with E-state index in [0.29, 0.717) is 12.0 Å². The summed E-state index contributed by atoms with van der Waals surface area (Å²) in [6.45, 7) is 0.242. The molecule has 0 atom stereocenters. The highest BCUT2D eigenvalue weighted by molar-refractivity contribution is 5.78. The largest absolute Gasteiger partial charge is 0.417 e. The summed E-state index contributed by atoms with van der Waals surface area (Å²) >= 11 is 0. The molecule has 19 heavy (non-hydrogen) atoms. The van der Waals surface area contributed by atoms with E-state index in [1.165, 1.54) is 12.1 Å². The van der Waals surface area contributed by atoms with Crippen LogP contribution < -0.4 is 0 Å². The second-order valence-electron chi connectivity index (χ2n) is 3.61. The van der Waals surface area contributed by atoms with Gasteiger partial charge in [0, 0.05) is 17.0 Å². The minimum Gasteiger partial charge on any atom is -0.298 e. The number of halogens is 3. The lowest BCUT2D eigenvalue weighted by molar-refractivity contribution is -0.137. The van der Waals surface area contributed by atoms with Crippen LogP contribution in [0.5, 0.6) is 0 Å². The SMILES string of the molecule is [N-]=[N+]=NCCC=Cc1ccc(C=O)c(C(F)(F)F)c1. The summed E-state index contributed by atoms with van der Waals surface area (Å²) in [7, 11) is 0. The molecule has 0 aromatic heterocycles. The van der Waals surface area contributed by atoms with Crippen LogP contribution >= 0.6 is 0 Å². The first-order valence-corrected chi connectivity index (χ1v) is 5.33. The van der Waals surface area contributed by atoms with E-state index in [2.05, 4.69) is 10.0 Å². The van der Waals surface area contributed by atoms with Gasteiger partial charge in [-0.1, -0.05) is 29.4 Å². The van der Waals surface area contributed by atoms with Gasteiger partial charge in [0.2, 0.25) is 0 Å². The number of hydrogen-bond donors (Lipinski definition) is 0. The van der Waals surface area contributed by atoms with Gasteiger partial charge in [0.25, 0.3) is 0 Å². The van der Waals surface area contributed by atoms with Crippen molar-refractivity contribution in [2.75, 3.05) is 6.54 Å². The zero-order valence-corrected chi connectivity index (χ0v) is 9.76. The quantitative estimate of drug-likeness (QED) is 0.259. The molecule has 1 rings (SSSR count).